The number of phosphoric acid groups is 2. The van der Waals surface area contributed by atoms with Crippen molar-refractivity contribution in [2.45, 2.75) is 381 Å². The van der Waals surface area contributed by atoms with Gasteiger partial charge in [-0.05, 0) is 69.1 Å². The Labute approximate surface area is 580 Å². The number of ether oxygens (including phenoxy) is 4. The van der Waals surface area contributed by atoms with Crippen molar-refractivity contribution in [1.82, 2.24) is 0 Å². The van der Waals surface area contributed by atoms with Crippen LogP contribution in [-0.4, -0.2) is 96.7 Å². The molecule has 0 aliphatic heterocycles. The summed E-state index contributed by atoms with van der Waals surface area (Å²) in [5.41, 5.74) is 0. The number of carbonyl (C=O) groups is 4. The van der Waals surface area contributed by atoms with Gasteiger partial charge >= 0.3 is 39.5 Å². The summed E-state index contributed by atoms with van der Waals surface area (Å²) in [5.74, 6) is 0.146. The number of allylic oxidation sites excluding steroid dienone is 4. The van der Waals surface area contributed by atoms with Gasteiger partial charge in [0.05, 0.1) is 26.4 Å². The molecule has 0 aromatic rings. The van der Waals surface area contributed by atoms with Gasteiger partial charge in [0.1, 0.15) is 19.3 Å². The summed E-state index contributed by atoms with van der Waals surface area (Å²) < 4.78 is 68.5. The number of hydrogen-bond acceptors (Lipinski definition) is 15. The fraction of sp³-hybridized carbons (Fsp3) is 0.895. The Bertz CT molecular complexity index is 1950. The summed E-state index contributed by atoms with van der Waals surface area (Å²) in [6, 6.07) is 0. The quantitative estimate of drug-likeness (QED) is 0.0169. The Morgan fingerprint density at radius 1 is 0.347 bits per heavy atom. The van der Waals surface area contributed by atoms with Crippen molar-refractivity contribution in [2.75, 3.05) is 39.6 Å². The molecule has 95 heavy (non-hydrogen) atoms. The van der Waals surface area contributed by atoms with Gasteiger partial charge in [-0.2, -0.15) is 0 Å². The van der Waals surface area contributed by atoms with Crippen LogP contribution in [0.1, 0.15) is 363 Å². The third-order valence-corrected chi connectivity index (χ3v) is 19.6. The fourth-order valence-electron chi connectivity index (χ4n) is 11.0. The van der Waals surface area contributed by atoms with E-state index in [9.17, 15) is 43.2 Å². The van der Waals surface area contributed by atoms with E-state index in [-0.39, 0.29) is 25.7 Å². The molecule has 0 saturated carbocycles. The molecule has 0 aromatic heterocycles. The number of unbranched alkanes of at least 4 members (excludes halogenated alkanes) is 35. The van der Waals surface area contributed by atoms with Crippen LogP contribution < -0.4 is 0 Å². The van der Waals surface area contributed by atoms with Crippen LogP contribution in [0, 0.1) is 17.8 Å². The lowest BCUT2D eigenvalue weighted by atomic mass is 9.99. The number of aliphatic hydroxyl groups excluding tert-OH is 1. The summed E-state index contributed by atoms with van der Waals surface area (Å²) in [6.07, 6.45) is 54.9. The van der Waals surface area contributed by atoms with Crippen molar-refractivity contribution in [1.29, 1.82) is 0 Å². The molecule has 0 amide bonds. The summed E-state index contributed by atoms with van der Waals surface area (Å²) >= 11 is 0. The van der Waals surface area contributed by atoms with E-state index in [1.165, 1.54) is 148 Å². The highest BCUT2D eigenvalue weighted by Crippen LogP contribution is 2.45. The van der Waals surface area contributed by atoms with Gasteiger partial charge in [-0.25, -0.2) is 9.13 Å². The van der Waals surface area contributed by atoms with Gasteiger partial charge in [0.25, 0.3) is 0 Å². The lowest BCUT2D eigenvalue weighted by molar-refractivity contribution is -0.161. The summed E-state index contributed by atoms with van der Waals surface area (Å²) in [4.78, 5) is 72.8. The third-order valence-electron chi connectivity index (χ3n) is 17.7. The van der Waals surface area contributed by atoms with Crippen LogP contribution in [0.15, 0.2) is 24.3 Å². The highest BCUT2D eigenvalue weighted by atomic mass is 31.2. The summed E-state index contributed by atoms with van der Waals surface area (Å²) in [6.45, 7) is 11.8. The molecule has 0 fully saturated rings. The number of hydrogen-bond donors (Lipinski definition) is 3. The van der Waals surface area contributed by atoms with E-state index in [1.807, 2.05) is 0 Å². The van der Waals surface area contributed by atoms with Crippen molar-refractivity contribution in [3.8, 4) is 0 Å². The molecule has 3 N–H and O–H groups in total. The SMILES string of the molecule is CCCCCC/C=C\C=C/CCCCCCCC(=O)OC[C@H](COP(=O)(O)OC[C@@H](O)COP(=O)(O)OC[C@@H](COC(=O)CCCCCCCCC(C)CC)OC(=O)CCCCCCCCCCCCCCCCCC(C)C)OC(=O)CCCCCCCCCCC(C)CC. The predicted octanol–water partition coefficient (Wildman–Crippen LogP) is 21.7. The van der Waals surface area contributed by atoms with Crippen LogP contribution in [-0.2, 0) is 65.4 Å². The van der Waals surface area contributed by atoms with Gasteiger partial charge in [-0.15, -0.1) is 0 Å². The smallest absolute Gasteiger partial charge is 0.462 e. The van der Waals surface area contributed by atoms with E-state index in [4.69, 9.17) is 37.0 Å². The van der Waals surface area contributed by atoms with Crippen molar-refractivity contribution in [3.63, 3.8) is 0 Å². The molecule has 560 valence electrons. The maximum atomic E-state index is 13.1. The van der Waals surface area contributed by atoms with E-state index in [2.05, 4.69) is 72.8 Å². The average molecular weight is 1390 g/mol. The average Bonchev–Trinajstić information content (AvgIpc) is 1.80. The van der Waals surface area contributed by atoms with E-state index in [0.29, 0.717) is 25.7 Å². The van der Waals surface area contributed by atoms with Gasteiger partial charge < -0.3 is 33.8 Å². The Morgan fingerprint density at radius 3 is 0.937 bits per heavy atom. The zero-order chi connectivity index (χ0) is 70.1. The number of carbonyl (C=O) groups excluding carboxylic acids is 4. The Hall–Kier alpha value is -2.46. The van der Waals surface area contributed by atoms with Crippen molar-refractivity contribution in [2.24, 2.45) is 17.8 Å². The van der Waals surface area contributed by atoms with Crippen molar-refractivity contribution in [3.05, 3.63) is 24.3 Å². The van der Waals surface area contributed by atoms with Crippen molar-refractivity contribution >= 4 is 39.5 Å². The highest BCUT2D eigenvalue weighted by molar-refractivity contribution is 7.47. The minimum atomic E-state index is -4.96. The Morgan fingerprint density at radius 2 is 0.621 bits per heavy atom. The zero-order valence-corrected chi connectivity index (χ0v) is 63.4. The molecule has 17 nitrogen and oxygen atoms in total. The lowest BCUT2D eigenvalue weighted by Gasteiger charge is -2.21. The molecular weight excluding hydrogens is 1250 g/mol. The number of aliphatic hydroxyl groups is 1. The zero-order valence-electron chi connectivity index (χ0n) is 61.6. The first kappa shape index (κ1) is 92.5. The van der Waals surface area contributed by atoms with E-state index in [0.717, 1.165) is 133 Å². The predicted molar refractivity (Wildman–Crippen MR) is 386 cm³/mol. The van der Waals surface area contributed by atoms with E-state index >= 15 is 0 Å². The van der Waals surface area contributed by atoms with Gasteiger partial charge in [0, 0.05) is 25.7 Å². The molecule has 0 heterocycles. The second-order valence-electron chi connectivity index (χ2n) is 27.7. The van der Waals surface area contributed by atoms with Crippen LogP contribution in [0.2, 0.25) is 0 Å². The molecule has 0 saturated heterocycles. The van der Waals surface area contributed by atoms with Crippen LogP contribution in [0.5, 0.6) is 0 Å². The maximum Gasteiger partial charge on any atom is 0.472 e. The highest BCUT2D eigenvalue weighted by Gasteiger charge is 2.30. The number of phosphoric ester groups is 2. The minimum Gasteiger partial charge on any atom is -0.462 e. The topological polar surface area (TPSA) is 237 Å². The molecular formula is C76H144O17P2. The van der Waals surface area contributed by atoms with Gasteiger partial charge in [-0.3, -0.25) is 37.3 Å². The van der Waals surface area contributed by atoms with Gasteiger partial charge in [-0.1, -0.05) is 310 Å². The Balaban J connectivity index is 5.27. The largest absolute Gasteiger partial charge is 0.472 e. The summed E-state index contributed by atoms with van der Waals surface area (Å²) in [7, 11) is -9.92. The molecule has 7 atom stereocenters. The van der Waals surface area contributed by atoms with Crippen LogP contribution in [0.3, 0.4) is 0 Å². The molecule has 0 bridgehead atoms. The number of rotatable bonds is 72. The van der Waals surface area contributed by atoms with Crippen molar-refractivity contribution < 1.29 is 80.2 Å². The molecule has 0 aliphatic carbocycles. The molecule has 0 aliphatic rings. The van der Waals surface area contributed by atoms with Crippen LogP contribution in [0.4, 0.5) is 0 Å². The second kappa shape index (κ2) is 66.1. The van der Waals surface area contributed by atoms with Gasteiger partial charge in [0.15, 0.2) is 12.2 Å². The standard InChI is InChI=1S/C76H144O17P2/c1-8-11-12-13-14-15-16-17-19-23-26-29-35-43-50-57-73(78)86-63-71(93-76(81)60-53-46-37-32-31-34-41-48-55-68(6)9-2)65-90-94(82,83)88-61-70(77)62-89-95(84,85)91-66-72(64-87-74(79)58-51-44-39-38-42-49-56-69(7)10-3)92-75(80)59-52-45-36-30-27-24-21-18-20-22-25-28-33-40-47-54-67(4)5/h15-17,19,67-72,77H,8-14,18,20-66H2,1-7H3,(H,82,83)(H,84,85)/b16-15-,19-17-/t68?,69?,70-,71-,72-/m1/s1. The third kappa shape index (κ3) is 67.2. The molecule has 4 unspecified atom stereocenters. The molecule has 0 rings (SSSR count). The molecule has 0 radical (unpaired) electrons. The van der Waals surface area contributed by atoms with E-state index in [1.54, 1.807) is 0 Å². The monoisotopic (exact) mass is 1390 g/mol. The van der Waals surface area contributed by atoms with Crippen LogP contribution >= 0.6 is 15.6 Å². The molecule has 0 aromatic carbocycles. The second-order valence-corrected chi connectivity index (χ2v) is 30.6. The normalized spacial score (nSPS) is 14.8. The van der Waals surface area contributed by atoms with Gasteiger partial charge in [0.2, 0.25) is 0 Å². The maximum absolute atomic E-state index is 13.1. The van der Waals surface area contributed by atoms with Crippen LogP contribution in [0.25, 0.3) is 0 Å². The summed E-state index contributed by atoms with van der Waals surface area (Å²) in [5, 5.41) is 10.6. The first-order valence-corrected chi connectivity index (χ1v) is 41.7. The number of esters is 4. The van der Waals surface area contributed by atoms with E-state index < -0.39 is 97.5 Å². The Kier molecular flexibility index (Phi) is 64.4. The minimum absolute atomic E-state index is 0.0978. The molecule has 0 spiro atoms. The molecule has 19 heteroatoms. The first-order chi connectivity index (χ1) is 45.8. The fourth-order valence-corrected chi connectivity index (χ4v) is 12.6. The first-order valence-electron chi connectivity index (χ1n) is 38.7. The lowest BCUT2D eigenvalue weighted by Crippen LogP contribution is -2.30.